The Morgan fingerprint density at radius 3 is 2.53 bits per heavy atom. The highest BCUT2D eigenvalue weighted by molar-refractivity contribution is 6.30. The first kappa shape index (κ1) is 15.0. The lowest BCUT2D eigenvalue weighted by Crippen LogP contribution is -2.40. The van der Waals surface area contributed by atoms with E-state index in [-0.39, 0.29) is 13.0 Å². The Morgan fingerprint density at radius 1 is 1.37 bits per heavy atom. The lowest BCUT2D eigenvalue weighted by atomic mass is 10.3. The minimum atomic E-state index is -0.538. The molecule has 0 spiro atoms. The third-order valence-electron chi connectivity index (χ3n) is 2.32. The largest absolute Gasteiger partial charge is 0.328 e. The van der Waals surface area contributed by atoms with E-state index >= 15 is 0 Å². The minimum absolute atomic E-state index is 0.278. The smallest absolute Gasteiger partial charge is 0.307 e. The first-order valence-corrected chi connectivity index (χ1v) is 6.20. The van der Waals surface area contributed by atoms with Crippen LogP contribution in [0.4, 0.5) is 10.5 Å². The molecule has 0 aliphatic rings. The van der Waals surface area contributed by atoms with Crippen molar-refractivity contribution in [2.45, 2.75) is 19.8 Å². The number of nitrogens with zero attached hydrogens (tertiary/aromatic N) is 2. The van der Waals surface area contributed by atoms with Crippen LogP contribution in [0.3, 0.4) is 0 Å². The van der Waals surface area contributed by atoms with Gasteiger partial charge in [0.2, 0.25) is 5.91 Å². The van der Waals surface area contributed by atoms with Gasteiger partial charge < -0.3 is 5.32 Å². The SMILES string of the molecule is CCCN(C(=O)CC#N)C(=O)Nc1ccc(Cl)cc1. The second-order valence-electron chi connectivity index (χ2n) is 3.82. The number of hydrogen-bond donors (Lipinski definition) is 1. The summed E-state index contributed by atoms with van der Waals surface area (Å²) in [5.41, 5.74) is 0.542. The van der Waals surface area contributed by atoms with Crippen molar-refractivity contribution in [2.24, 2.45) is 0 Å². The zero-order valence-corrected chi connectivity index (χ0v) is 11.3. The van der Waals surface area contributed by atoms with Crippen molar-refractivity contribution in [3.63, 3.8) is 0 Å². The fourth-order valence-corrected chi connectivity index (χ4v) is 1.58. The number of carbonyl (C=O) groups excluding carboxylic acids is 2. The highest BCUT2D eigenvalue weighted by atomic mass is 35.5. The summed E-state index contributed by atoms with van der Waals surface area (Å²) in [5.74, 6) is -0.504. The minimum Gasteiger partial charge on any atom is -0.307 e. The van der Waals surface area contributed by atoms with Gasteiger partial charge in [0.1, 0.15) is 6.42 Å². The molecule has 0 radical (unpaired) electrons. The molecule has 100 valence electrons. The zero-order valence-electron chi connectivity index (χ0n) is 10.5. The summed E-state index contributed by atoms with van der Waals surface area (Å²) in [6.07, 6.45) is 0.319. The van der Waals surface area contributed by atoms with Gasteiger partial charge in [-0.05, 0) is 30.7 Å². The summed E-state index contributed by atoms with van der Waals surface area (Å²) in [6.45, 7) is 2.13. The fraction of sp³-hybridized carbons (Fsp3) is 0.308. The quantitative estimate of drug-likeness (QED) is 0.920. The van der Waals surface area contributed by atoms with Gasteiger partial charge in [-0.3, -0.25) is 9.69 Å². The Labute approximate surface area is 116 Å². The maximum absolute atomic E-state index is 12.0. The van der Waals surface area contributed by atoms with Crippen LogP contribution < -0.4 is 5.32 Å². The molecule has 0 aliphatic heterocycles. The molecule has 0 bridgehead atoms. The molecule has 0 saturated carbocycles. The van der Waals surface area contributed by atoms with Crippen LogP contribution in [0, 0.1) is 11.3 Å². The van der Waals surface area contributed by atoms with E-state index in [0.29, 0.717) is 17.1 Å². The van der Waals surface area contributed by atoms with E-state index in [0.717, 1.165) is 4.90 Å². The van der Waals surface area contributed by atoms with Crippen LogP contribution in [-0.2, 0) is 4.79 Å². The highest BCUT2D eigenvalue weighted by Gasteiger charge is 2.20. The Morgan fingerprint density at radius 2 is 2.00 bits per heavy atom. The molecule has 0 fully saturated rings. The number of carbonyl (C=O) groups is 2. The molecule has 0 aromatic heterocycles. The number of urea groups is 1. The van der Waals surface area contributed by atoms with Gasteiger partial charge in [-0.2, -0.15) is 5.26 Å². The van der Waals surface area contributed by atoms with Crippen LogP contribution in [0.5, 0.6) is 0 Å². The number of imide groups is 1. The molecule has 5 nitrogen and oxygen atoms in total. The summed E-state index contributed by atoms with van der Waals surface area (Å²) in [4.78, 5) is 24.6. The van der Waals surface area contributed by atoms with E-state index in [1.54, 1.807) is 30.3 Å². The Hall–Kier alpha value is -2.06. The van der Waals surface area contributed by atoms with Crippen LogP contribution in [0.2, 0.25) is 5.02 Å². The first-order chi connectivity index (χ1) is 9.08. The van der Waals surface area contributed by atoms with E-state index in [9.17, 15) is 9.59 Å². The predicted molar refractivity (Wildman–Crippen MR) is 72.7 cm³/mol. The van der Waals surface area contributed by atoms with Gasteiger partial charge in [0.25, 0.3) is 0 Å². The molecule has 0 unspecified atom stereocenters. The van der Waals surface area contributed by atoms with Crippen molar-refractivity contribution in [3.05, 3.63) is 29.3 Å². The third kappa shape index (κ3) is 4.60. The molecular weight excluding hydrogens is 266 g/mol. The normalized spacial score (nSPS) is 9.53. The number of hydrogen-bond acceptors (Lipinski definition) is 3. The molecule has 6 heteroatoms. The van der Waals surface area contributed by atoms with Crippen molar-refractivity contribution in [1.29, 1.82) is 5.26 Å². The average molecular weight is 280 g/mol. The molecule has 0 saturated heterocycles. The molecule has 0 heterocycles. The Bertz CT molecular complexity index is 494. The van der Waals surface area contributed by atoms with Crippen molar-refractivity contribution < 1.29 is 9.59 Å². The second-order valence-corrected chi connectivity index (χ2v) is 4.25. The summed E-state index contributed by atoms with van der Waals surface area (Å²) < 4.78 is 0. The first-order valence-electron chi connectivity index (χ1n) is 5.82. The molecule has 1 N–H and O–H groups in total. The molecule has 1 rings (SSSR count). The van der Waals surface area contributed by atoms with Crippen molar-refractivity contribution in [3.8, 4) is 6.07 Å². The summed E-state index contributed by atoms with van der Waals surface area (Å²) in [5, 5.41) is 11.7. The molecule has 19 heavy (non-hydrogen) atoms. The van der Waals surface area contributed by atoms with E-state index in [2.05, 4.69) is 5.32 Å². The zero-order chi connectivity index (χ0) is 14.3. The van der Waals surface area contributed by atoms with Gasteiger partial charge in [-0.1, -0.05) is 18.5 Å². The molecule has 1 aromatic rings. The van der Waals surface area contributed by atoms with Gasteiger partial charge in [-0.15, -0.1) is 0 Å². The Balaban J connectivity index is 2.74. The van der Waals surface area contributed by atoms with Crippen LogP contribution in [0.15, 0.2) is 24.3 Å². The topological polar surface area (TPSA) is 73.2 Å². The van der Waals surface area contributed by atoms with Crippen LogP contribution >= 0.6 is 11.6 Å². The van der Waals surface area contributed by atoms with Crippen LogP contribution in [0.1, 0.15) is 19.8 Å². The molecule has 3 amide bonds. The maximum Gasteiger partial charge on any atom is 0.328 e. The fourth-order valence-electron chi connectivity index (χ4n) is 1.45. The van der Waals surface area contributed by atoms with E-state index < -0.39 is 11.9 Å². The summed E-state index contributed by atoms with van der Waals surface area (Å²) in [6, 6.07) is 7.76. The van der Waals surface area contributed by atoms with Crippen molar-refractivity contribution >= 4 is 29.2 Å². The number of rotatable bonds is 4. The van der Waals surface area contributed by atoms with Crippen molar-refractivity contribution in [2.75, 3.05) is 11.9 Å². The second kappa shape index (κ2) is 7.39. The van der Waals surface area contributed by atoms with Gasteiger partial charge in [-0.25, -0.2) is 4.79 Å². The molecule has 1 aromatic carbocycles. The number of nitriles is 1. The number of amides is 3. The number of benzene rings is 1. The number of nitrogens with one attached hydrogen (secondary N) is 1. The van der Waals surface area contributed by atoms with Crippen LogP contribution in [-0.4, -0.2) is 23.4 Å². The summed E-state index contributed by atoms with van der Waals surface area (Å²) >= 11 is 5.74. The highest BCUT2D eigenvalue weighted by Crippen LogP contribution is 2.14. The van der Waals surface area contributed by atoms with Crippen LogP contribution in [0.25, 0.3) is 0 Å². The van der Waals surface area contributed by atoms with Gasteiger partial charge in [0.05, 0.1) is 6.07 Å². The number of halogens is 1. The molecule has 0 atom stereocenters. The van der Waals surface area contributed by atoms with Crippen molar-refractivity contribution in [1.82, 2.24) is 4.90 Å². The third-order valence-corrected chi connectivity index (χ3v) is 2.57. The van der Waals surface area contributed by atoms with Gasteiger partial charge >= 0.3 is 6.03 Å². The number of anilines is 1. The standard InChI is InChI=1S/C13H14ClN3O2/c1-2-9-17(12(18)7-8-15)13(19)16-11-5-3-10(14)4-6-11/h3-6H,2,7,9H2,1H3,(H,16,19). The van der Waals surface area contributed by atoms with E-state index in [1.807, 2.05) is 6.92 Å². The molecular formula is C13H14ClN3O2. The van der Waals surface area contributed by atoms with E-state index in [1.165, 1.54) is 0 Å². The average Bonchev–Trinajstić information content (AvgIpc) is 2.38. The van der Waals surface area contributed by atoms with E-state index in [4.69, 9.17) is 16.9 Å². The van der Waals surface area contributed by atoms with Gasteiger partial charge in [0.15, 0.2) is 0 Å². The summed E-state index contributed by atoms with van der Waals surface area (Å²) in [7, 11) is 0. The predicted octanol–water partition coefficient (Wildman–Crippen LogP) is 3.02. The lowest BCUT2D eigenvalue weighted by molar-refractivity contribution is -0.127. The lowest BCUT2D eigenvalue weighted by Gasteiger charge is -2.19. The monoisotopic (exact) mass is 279 g/mol. The Kier molecular flexibility index (Phi) is 5.83. The van der Waals surface area contributed by atoms with Gasteiger partial charge in [0, 0.05) is 17.3 Å². The maximum atomic E-state index is 12.0. The molecule has 0 aliphatic carbocycles.